The number of carbonyl (C=O) groups excluding carboxylic acids is 1. The number of nitrogens with two attached hydrogens (primary N) is 1. The van der Waals surface area contributed by atoms with Gasteiger partial charge >= 0.3 is 18.3 Å². The number of hydrogen-bond donors (Lipinski definition) is 3. The molecule has 0 atom stereocenters. The van der Waals surface area contributed by atoms with Crippen molar-refractivity contribution < 1.29 is 41.0 Å². The van der Waals surface area contributed by atoms with Crippen molar-refractivity contribution in [1.29, 1.82) is 0 Å². The average molecular weight is 841 g/mol. The molecule has 61 heavy (non-hydrogen) atoms. The summed E-state index contributed by atoms with van der Waals surface area (Å²) < 4.78 is 79.2. The molecule has 0 aliphatic carbocycles. The Morgan fingerprint density at radius 1 is 0.607 bits per heavy atom. The summed E-state index contributed by atoms with van der Waals surface area (Å²) in [6, 6.07) is 18.3. The molecule has 0 aliphatic rings. The first kappa shape index (κ1) is 42.3. The predicted molar refractivity (Wildman–Crippen MR) is 208 cm³/mol. The third-order valence-corrected chi connectivity index (χ3v) is 8.33. The third kappa shape index (κ3) is 9.85. The van der Waals surface area contributed by atoms with Crippen LogP contribution in [0.1, 0.15) is 32.1 Å². The molecular formula is C40H26F6N10O5. The molecule has 0 fully saturated rings. The van der Waals surface area contributed by atoms with Crippen LogP contribution in [0.4, 0.5) is 37.7 Å². The number of nitrogens with one attached hydrogen (secondary N) is 1. The van der Waals surface area contributed by atoms with Gasteiger partial charge in [-0.2, -0.15) is 45.9 Å². The highest BCUT2D eigenvalue weighted by Crippen LogP contribution is 2.31. The van der Waals surface area contributed by atoms with Gasteiger partial charge in [-0.3, -0.25) is 24.4 Å². The normalized spacial score (nSPS) is 11.2. The summed E-state index contributed by atoms with van der Waals surface area (Å²) in [5.41, 5.74) is 3.22. The van der Waals surface area contributed by atoms with Gasteiger partial charge in [0.1, 0.15) is 5.69 Å². The van der Waals surface area contributed by atoms with Crippen LogP contribution in [-0.4, -0.2) is 56.5 Å². The largest absolute Gasteiger partial charge is 0.476 e. The van der Waals surface area contributed by atoms with Crippen LogP contribution in [0.5, 0.6) is 0 Å². The average Bonchev–Trinajstić information content (AvgIpc) is 3.24. The number of nitrogens with zero attached hydrogens (tertiary/aromatic N) is 8. The summed E-state index contributed by atoms with van der Waals surface area (Å²) >= 11 is 0. The number of carboxylic acids is 1. The second-order valence-corrected chi connectivity index (χ2v) is 12.3. The number of rotatable bonds is 5. The fourth-order valence-electron chi connectivity index (χ4n) is 5.53. The Balaban J connectivity index is 0.000000175. The fraction of sp³-hybridized carbons (Fsp3) is 0.0500. The Bertz CT molecular complexity index is 3000. The number of amides is 1. The Morgan fingerprint density at radius 3 is 1.56 bits per heavy atom. The van der Waals surface area contributed by atoms with E-state index in [2.05, 4.69) is 35.5 Å². The number of halogens is 6. The number of benzene rings is 4. The van der Waals surface area contributed by atoms with Crippen molar-refractivity contribution in [2.45, 2.75) is 12.4 Å². The lowest BCUT2D eigenvalue weighted by Gasteiger charge is -2.12. The molecule has 0 bridgehead atoms. The van der Waals surface area contributed by atoms with E-state index in [4.69, 9.17) is 10.8 Å². The van der Waals surface area contributed by atoms with E-state index in [0.29, 0.717) is 10.8 Å². The van der Waals surface area contributed by atoms with Gasteiger partial charge in [-0.15, -0.1) is 0 Å². The van der Waals surface area contributed by atoms with Gasteiger partial charge in [-0.05, 0) is 48.5 Å². The number of nitrogen functional groups attached to an aromatic ring is 1. The molecule has 4 heterocycles. The second kappa shape index (κ2) is 17.6. The molecule has 21 heteroatoms. The number of hydrogen-bond acceptors (Lipinski definition) is 11. The molecule has 0 spiro atoms. The molecule has 0 unspecified atom stereocenters. The quantitative estimate of drug-likeness (QED) is 0.123. The highest BCUT2D eigenvalue weighted by molar-refractivity contribution is 6.07. The van der Waals surface area contributed by atoms with Gasteiger partial charge in [0.15, 0.2) is 5.69 Å². The summed E-state index contributed by atoms with van der Waals surface area (Å²) in [5, 5.41) is 20.1. The molecule has 4 aromatic carbocycles. The Hall–Kier alpha value is -8.36. The van der Waals surface area contributed by atoms with Crippen molar-refractivity contribution in [3.8, 4) is 11.4 Å². The predicted octanol–water partition coefficient (Wildman–Crippen LogP) is 6.61. The zero-order valence-electron chi connectivity index (χ0n) is 30.7. The minimum absolute atomic E-state index is 0.0301. The van der Waals surface area contributed by atoms with Gasteiger partial charge in [0.2, 0.25) is 0 Å². The fourth-order valence-corrected chi connectivity index (χ4v) is 5.53. The molecule has 4 aromatic heterocycles. The molecule has 4 N–H and O–H groups in total. The lowest BCUT2D eigenvalue weighted by molar-refractivity contribution is -0.138. The second-order valence-electron chi connectivity index (χ2n) is 12.3. The van der Waals surface area contributed by atoms with Gasteiger partial charge in [0.05, 0.1) is 63.7 Å². The number of fused-ring (bicyclic) bond motifs is 2. The van der Waals surface area contributed by atoms with Crippen LogP contribution < -0.4 is 22.2 Å². The maximum atomic E-state index is 13.1. The van der Waals surface area contributed by atoms with Crippen molar-refractivity contribution >= 4 is 44.8 Å². The molecule has 8 aromatic rings. The molecule has 0 saturated heterocycles. The van der Waals surface area contributed by atoms with Gasteiger partial charge in [-0.1, -0.05) is 36.4 Å². The van der Waals surface area contributed by atoms with Crippen LogP contribution in [0.25, 0.3) is 32.9 Å². The van der Waals surface area contributed by atoms with Crippen LogP contribution in [0.3, 0.4) is 0 Å². The van der Waals surface area contributed by atoms with E-state index in [1.807, 2.05) is 0 Å². The molecule has 1 amide bonds. The summed E-state index contributed by atoms with van der Waals surface area (Å²) in [6.07, 6.45) is 1.67. The van der Waals surface area contributed by atoms with E-state index in [1.165, 1.54) is 79.9 Å². The minimum atomic E-state index is -4.56. The van der Waals surface area contributed by atoms with Gasteiger partial charge in [0, 0.05) is 41.2 Å². The molecular weight excluding hydrogens is 814 g/mol. The maximum absolute atomic E-state index is 13.1. The van der Waals surface area contributed by atoms with E-state index in [9.17, 15) is 45.5 Å². The molecule has 0 aliphatic heterocycles. The lowest BCUT2D eigenvalue weighted by Crippen LogP contribution is -2.23. The molecule has 308 valence electrons. The minimum Gasteiger partial charge on any atom is -0.476 e. The first-order valence-electron chi connectivity index (χ1n) is 17.2. The summed E-state index contributed by atoms with van der Waals surface area (Å²) in [6.45, 7) is 0. The van der Waals surface area contributed by atoms with Crippen molar-refractivity contribution in [3.05, 3.63) is 178 Å². The first-order valence-corrected chi connectivity index (χ1v) is 17.2. The monoisotopic (exact) mass is 840 g/mol. The first-order chi connectivity index (χ1) is 29.0. The zero-order chi connectivity index (χ0) is 43.9. The third-order valence-electron chi connectivity index (χ3n) is 8.33. The topological polar surface area (TPSA) is 214 Å². The van der Waals surface area contributed by atoms with Gasteiger partial charge in [-0.25, -0.2) is 14.8 Å². The number of carboxylic acid groups (broad SMARTS) is 1. The van der Waals surface area contributed by atoms with E-state index in [1.54, 1.807) is 30.3 Å². The number of aromatic carboxylic acids is 1. The molecule has 8 rings (SSSR count). The Morgan fingerprint density at radius 2 is 1.08 bits per heavy atom. The van der Waals surface area contributed by atoms with Gasteiger partial charge in [0.25, 0.3) is 17.0 Å². The number of alkyl halides is 6. The van der Waals surface area contributed by atoms with E-state index in [-0.39, 0.29) is 44.9 Å². The zero-order valence-corrected chi connectivity index (χ0v) is 30.7. The Kier molecular flexibility index (Phi) is 12.2. The van der Waals surface area contributed by atoms with Crippen LogP contribution in [0, 0.1) is 0 Å². The van der Waals surface area contributed by atoms with Crippen LogP contribution in [-0.2, 0) is 12.4 Å². The molecule has 0 radical (unpaired) electrons. The summed E-state index contributed by atoms with van der Waals surface area (Å²) in [7, 11) is 0. The van der Waals surface area contributed by atoms with Crippen molar-refractivity contribution in [2.75, 3.05) is 11.1 Å². The van der Waals surface area contributed by atoms with Crippen LogP contribution in [0.15, 0.2) is 144 Å². The summed E-state index contributed by atoms with van der Waals surface area (Å²) in [4.78, 5) is 62.8. The Labute approximate surface area is 337 Å². The highest BCUT2D eigenvalue weighted by atomic mass is 19.4. The van der Waals surface area contributed by atoms with Crippen LogP contribution in [0.2, 0.25) is 0 Å². The van der Waals surface area contributed by atoms with E-state index >= 15 is 0 Å². The van der Waals surface area contributed by atoms with Crippen molar-refractivity contribution in [3.63, 3.8) is 0 Å². The van der Waals surface area contributed by atoms with Crippen molar-refractivity contribution in [1.82, 2.24) is 39.5 Å². The number of anilines is 2. The summed E-state index contributed by atoms with van der Waals surface area (Å²) in [5.74, 6) is -1.64. The molecule has 15 nitrogen and oxygen atoms in total. The SMILES string of the molecule is Nc1cccc2cnn(-c3cccc(C(F)(F)F)c3)c(=O)c12.O=C(Nc1cccc2cnn(-c3cccc(C(F)(F)F)c3)c(=O)c12)c1cnccn1.O=C(O)c1cnccn1. The number of aromatic nitrogens is 8. The highest BCUT2D eigenvalue weighted by Gasteiger charge is 2.31. The van der Waals surface area contributed by atoms with Crippen molar-refractivity contribution in [2.24, 2.45) is 0 Å². The maximum Gasteiger partial charge on any atom is 0.416 e. The van der Waals surface area contributed by atoms with E-state index < -0.39 is 46.5 Å². The smallest absolute Gasteiger partial charge is 0.416 e. The van der Waals surface area contributed by atoms with Crippen LogP contribution >= 0.6 is 0 Å². The van der Waals surface area contributed by atoms with Gasteiger partial charge < -0.3 is 16.2 Å². The van der Waals surface area contributed by atoms with E-state index in [0.717, 1.165) is 33.6 Å². The number of carbonyl (C=O) groups is 2. The molecule has 0 saturated carbocycles. The standard InChI is InChI=1S/C20H12F3N5O2.C15H10F3N3O.C5H4N2O2/c21-20(22,23)13-4-2-5-14(9-13)28-19(30)17-12(10-26-28)3-1-6-15(17)27-18(29)16-11-24-7-8-25-16;16-15(17,18)10-4-2-5-11(7-10)21-14(22)13-9(8-20-21)3-1-6-12(13)19;8-5(9)4-3-6-1-2-7-4/h1-11H,(H,27,29);1-8H,19H2;1-3H,(H,8,9). The lowest BCUT2D eigenvalue weighted by atomic mass is 10.1.